The Labute approximate surface area is 117 Å². The summed E-state index contributed by atoms with van der Waals surface area (Å²) in [7, 11) is 0. The normalized spacial score (nSPS) is 9.75. The van der Waals surface area contributed by atoms with E-state index in [9.17, 15) is 4.79 Å². The third-order valence-electron chi connectivity index (χ3n) is 2.83. The molecule has 2 N–H and O–H groups in total. The molecule has 2 aromatic rings. The smallest absolute Gasteiger partial charge is 0.262 e. The van der Waals surface area contributed by atoms with E-state index in [1.165, 1.54) is 11.1 Å². The zero-order chi connectivity index (χ0) is 14.4. The van der Waals surface area contributed by atoms with Crippen molar-refractivity contribution in [2.45, 2.75) is 6.42 Å². The molecule has 5 nitrogen and oxygen atoms in total. The van der Waals surface area contributed by atoms with Crippen molar-refractivity contribution < 1.29 is 4.79 Å². The van der Waals surface area contributed by atoms with Crippen LogP contribution in [0.25, 0.3) is 0 Å². The Balaban J connectivity index is 2.35. The van der Waals surface area contributed by atoms with Crippen LogP contribution in [0.15, 0.2) is 48.7 Å². The fourth-order valence-corrected chi connectivity index (χ4v) is 1.86. The van der Waals surface area contributed by atoms with E-state index in [1.54, 1.807) is 12.1 Å². The fraction of sp³-hybridized carbons (Fsp3) is 0.133. The second-order valence-corrected chi connectivity index (χ2v) is 4.14. The molecule has 1 aromatic carbocycles. The number of nitrogen functional groups attached to an aromatic ring is 1. The Morgan fingerprint density at radius 3 is 2.65 bits per heavy atom. The van der Waals surface area contributed by atoms with Gasteiger partial charge in [0.1, 0.15) is 5.82 Å². The number of nitrogens with two attached hydrogens (primary N) is 1. The van der Waals surface area contributed by atoms with Crippen LogP contribution in [-0.2, 0) is 0 Å². The Morgan fingerprint density at radius 1 is 1.25 bits per heavy atom. The highest BCUT2D eigenvalue weighted by atomic mass is 16.2. The van der Waals surface area contributed by atoms with Gasteiger partial charge in [-0.05, 0) is 24.3 Å². The molecule has 0 fully saturated rings. The summed E-state index contributed by atoms with van der Waals surface area (Å²) in [5, 5.41) is 8.74. The number of rotatable bonds is 4. The molecule has 0 bridgehead atoms. The van der Waals surface area contributed by atoms with Crippen molar-refractivity contribution in [2.75, 3.05) is 17.2 Å². The van der Waals surface area contributed by atoms with Crippen LogP contribution in [0.4, 0.5) is 11.5 Å². The molecule has 0 radical (unpaired) electrons. The summed E-state index contributed by atoms with van der Waals surface area (Å²) in [4.78, 5) is 18.0. The molecule has 0 aliphatic rings. The molecule has 0 spiro atoms. The lowest BCUT2D eigenvalue weighted by Gasteiger charge is -2.22. The molecule has 5 heteroatoms. The summed E-state index contributed by atoms with van der Waals surface area (Å²) in [6.45, 7) is 0.313. The SMILES string of the molecule is N#CCCN(C(=O)c1cccnc1N)c1ccccc1. The number of carbonyl (C=O) groups excluding carboxylic acids is 1. The van der Waals surface area contributed by atoms with Gasteiger partial charge in [0.25, 0.3) is 5.91 Å². The first-order chi connectivity index (χ1) is 9.74. The van der Waals surface area contributed by atoms with Crippen molar-refractivity contribution >= 4 is 17.4 Å². The third kappa shape index (κ3) is 2.93. The van der Waals surface area contributed by atoms with E-state index in [0.717, 1.165) is 5.69 Å². The summed E-state index contributed by atoms with van der Waals surface area (Å²) >= 11 is 0. The van der Waals surface area contributed by atoms with Gasteiger partial charge >= 0.3 is 0 Å². The number of benzene rings is 1. The zero-order valence-electron chi connectivity index (χ0n) is 10.9. The lowest BCUT2D eigenvalue weighted by molar-refractivity contribution is 0.0988. The number of nitriles is 1. The number of pyridine rings is 1. The van der Waals surface area contributed by atoms with Crippen LogP contribution in [0.5, 0.6) is 0 Å². The second kappa shape index (κ2) is 6.34. The van der Waals surface area contributed by atoms with E-state index in [0.29, 0.717) is 12.1 Å². The molecule has 20 heavy (non-hydrogen) atoms. The first-order valence-electron chi connectivity index (χ1n) is 6.18. The molecule has 0 atom stereocenters. The summed E-state index contributed by atoms with van der Waals surface area (Å²) < 4.78 is 0. The van der Waals surface area contributed by atoms with Gasteiger partial charge in [0.05, 0.1) is 18.1 Å². The highest BCUT2D eigenvalue weighted by molar-refractivity contribution is 6.08. The van der Waals surface area contributed by atoms with Crippen molar-refractivity contribution in [2.24, 2.45) is 0 Å². The summed E-state index contributed by atoms with van der Waals surface area (Å²) in [5.74, 6) is -0.0626. The number of hydrogen-bond donors (Lipinski definition) is 1. The molecule has 1 amide bonds. The first kappa shape index (κ1) is 13.6. The van der Waals surface area contributed by atoms with Gasteiger partial charge in [0.15, 0.2) is 0 Å². The van der Waals surface area contributed by atoms with Crippen LogP contribution in [-0.4, -0.2) is 17.4 Å². The quantitative estimate of drug-likeness (QED) is 0.919. The van der Waals surface area contributed by atoms with E-state index >= 15 is 0 Å². The van der Waals surface area contributed by atoms with Crippen LogP contribution in [0.2, 0.25) is 0 Å². The van der Waals surface area contributed by atoms with Gasteiger partial charge < -0.3 is 10.6 Å². The van der Waals surface area contributed by atoms with Crippen molar-refractivity contribution in [1.29, 1.82) is 5.26 Å². The Bertz CT molecular complexity index is 634. The maximum Gasteiger partial charge on any atom is 0.262 e. The number of amides is 1. The monoisotopic (exact) mass is 266 g/mol. The third-order valence-corrected chi connectivity index (χ3v) is 2.83. The van der Waals surface area contributed by atoms with Crippen molar-refractivity contribution in [3.8, 4) is 6.07 Å². The molecule has 0 unspecified atom stereocenters. The van der Waals surface area contributed by atoms with Gasteiger partial charge in [-0.1, -0.05) is 18.2 Å². The van der Waals surface area contributed by atoms with E-state index in [-0.39, 0.29) is 18.1 Å². The lowest BCUT2D eigenvalue weighted by Crippen LogP contribution is -2.32. The largest absolute Gasteiger partial charge is 0.383 e. The maximum absolute atomic E-state index is 12.6. The summed E-state index contributed by atoms with van der Waals surface area (Å²) in [6.07, 6.45) is 1.79. The van der Waals surface area contributed by atoms with Gasteiger partial charge in [0.2, 0.25) is 0 Å². The van der Waals surface area contributed by atoms with Crippen molar-refractivity contribution in [3.05, 3.63) is 54.2 Å². The number of aromatic nitrogens is 1. The predicted octanol–water partition coefficient (Wildman–Crippen LogP) is 2.22. The zero-order valence-corrected chi connectivity index (χ0v) is 10.9. The number of hydrogen-bond acceptors (Lipinski definition) is 4. The van der Waals surface area contributed by atoms with Gasteiger partial charge in [-0.2, -0.15) is 5.26 Å². The molecule has 0 aliphatic heterocycles. The second-order valence-electron chi connectivity index (χ2n) is 4.14. The van der Waals surface area contributed by atoms with Crippen molar-refractivity contribution in [3.63, 3.8) is 0 Å². The highest BCUT2D eigenvalue weighted by Crippen LogP contribution is 2.19. The number of anilines is 2. The molecular formula is C15H14N4O. The van der Waals surface area contributed by atoms with E-state index in [1.807, 2.05) is 36.4 Å². The summed E-state index contributed by atoms with van der Waals surface area (Å²) in [6, 6.07) is 14.5. The molecule has 1 aromatic heterocycles. The topological polar surface area (TPSA) is 83.0 Å². The van der Waals surface area contributed by atoms with E-state index in [4.69, 9.17) is 11.0 Å². The number of nitrogens with zero attached hydrogens (tertiary/aromatic N) is 3. The Kier molecular flexibility index (Phi) is 4.30. The minimum Gasteiger partial charge on any atom is -0.383 e. The van der Waals surface area contributed by atoms with Gasteiger partial charge in [-0.15, -0.1) is 0 Å². The number of carbonyl (C=O) groups is 1. The molecule has 0 saturated heterocycles. The molecule has 0 saturated carbocycles. The predicted molar refractivity (Wildman–Crippen MR) is 77.0 cm³/mol. The average molecular weight is 266 g/mol. The molecule has 100 valence electrons. The van der Waals surface area contributed by atoms with E-state index in [2.05, 4.69) is 4.98 Å². The van der Waals surface area contributed by atoms with Crippen LogP contribution >= 0.6 is 0 Å². The minimum absolute atomic E-state index is 0.190. The standard InChI is InChI=1S/C15H14N4O/c16-9-5-11-19(12-6-2-1-3-7-12)15(20)13-8-4-10-18-14(13)17/h1-4,6-8,10H,5,11H2,(H2,17,18). The number of para-hydroxylation sites is 1. The van der Waals surface area contributed by atoms with Crippen LogP contribution < -0.4 is 10.6 Å². The molecular weight excluding hydrogens is 252 g/mol. The molecule has 1 heterocycles. The molecule has 0 aliphatic carbocycles. The van der Waals surface area contributed by atoms with Crippen LogP contribution in [0.3, 0.4) is 0 Å². The Hall–Kier alpha value is -2.87. The van der Waals surface area contributed by atoms with Gasteiger partial charge in [0, 0.05) is 18.4 Å². The molecule has 2 rings (SSSR count). The summed E-state index contributed by atoms with van der Waals surface area (Å²) in [5.41, 5.74) is 6.82. The highest BCUT2D eigenvalue weighted by Gasteiger charge is 2.19. The lowest BCUT2D eigenvalue weighted by atomic mass is 10.2. The van der Waals surface area contributed by atoms with Gasteiger partial charge in [-0.3, -0.25) is 4.79 Å². The average Bonchev–Trinajstić information content (AvgIpc) is 2.49. The van der Waals surface area contributed by atoms with Crippen LogP contribution in [0, 0.1) is 11.3 Å². The fourth-order valence-electron chi connectivity index (χ4n) is 1.86. The van der Waals surface area contributed by atoms with E-state index < -0.39 is 0 Å². The van der Waals surface area contributed by atoms with Crippen LogP contribution in [0.1, 0.15) is 16.8 Å². The Morgan fingerprint density at radius 2 is 2.00 bits per heavy atom. The van der Waals surface area contributed by atoms with Crippen molar-refractivity contribution in [1.82, 2.24) is 4.98 Å². The maximum atomic E-state index is 12.6. The minimum atomic E-state index is -0.253. The first-order valence-corrected chi connectivity index (χ1v) is 6.18. The van der Waals surface area contributed by atoms with Gasteiger partial charge in [-0.25, -0.2) is 4.98 Å².